The number of rotatable bonds is 2. The van der Waals surface area contributed by atoms with E-state index in [0.717, 1.165) is 11.3 Å². The summed E-state index contributed by atoms with van der Waals surface area (Å²) in [6.07, 6.45) is 0. The van der Waals surface area contributed by atoms with Gasteiger partial charge in [-0.1, -0.05) is 12.1 Å². The molecule has 1 aromatic rings. The zero-order valence-electron chi connectivity index (χ0n) is 5.54. The molecule has 10 heavy (non-hydrogen) atoms. The molecule has 0 aromatic heterocycles. The lowest BCUT2D eigenvalue weighted by Gasteiger charge is -1.94. The molecular weight excluding hydrogens is 126 g/mol. The molecule has 0 aliphatic rings. The van der Waals surface area contributed by atoms with Crippen molar-refractivity contribution in [2.45, 2.75) is 6.54 Å². The Morgan fingerprint density at radius 1 is 1.30 bits per heavy atom. The second-order valence-electron chi connectivity index (χ2n) is 2.06. The monoisotopic (exact) mass is 135 g/mol. The van der Waals surface area contributed by atoms with Crippen LogP contribution in [0.3, 0.4) is 0 Å². The Hall–Kier alpha value is -1.38. The van der Waals surface area contributed by atoms with Gasteiger partial charge in [-0.15, -0.1) is 0 Å². The van der Waals surface area contributed by atoms with Gasteiger partial charge in [0, 0.05) is 5.69 Å². The summed E-state index contributed by atoms with van der Waals surface area (Å²) in [5.41, 5.74) is 13.8. The van der Waals surface area contributed by atoms with Gasteiger partial charge in [0.25, 0.3) is 0 Å². The Bertz CT molecular complexity index is 215. The second-order valence-corrected chi connectivity index (χ2v) is 2.06. The fourth-order valence-electron chi connectivity index (χ4n) is 0.714. The van der Waals surface area contributed by atoms with Crippen molar-refractivity contribution >= 4 is 5.69 Å². The van der Waals surface area contributed by atoms with Crippen LogP contribution in [0.15, 0.2) is 29.4 Å². The molecule has 1 aromatic carbocycles. The topological polar surface area (TPSA) is 62.2 Å². The molecule has 0 heterocycles. The predicted molar refractivity (Wildman–Crippen MR) is 39.7 cm³/mol. The summed E-state index contributed by atoms with van der Waals surface area (Å²) in [6.45, 7) is 0.445. The van der Waals surface area contributed by atoms with Crippen LogP contribution in [0, 0.1) is 5.53 Å². The number of nitrogens with one attached hydrogen (secondary N) is 1. The average Bonchev–Trinajstić information content (AvgIpc) is 1.95. The van der Waals surface area contributed by atoms with Crippen LogP contribution < -0.4 is 5.73 Å². The number of hydrogen-bond donors (Lipinski definition) is 2. The molecule has 1 rings (SSSR count). The Balaban J connectivity index is 2.78. The Labute approximate surface area is 59.4 Å². The molecule has 3 heteroatoms. The summed E-state index contributed by atoms with van der Waals surface area (Å²) in [7, 11) is 0. The highest BCUT2D eigenvalue weighted by Gasteiger charge is 1.88. The first-order valence-corrected chi connectivity index (χ1v) is 3.00. The van der Waals surface area contributed by atoms with E-state index in [2.05, 4.69) is 5.11 Å². The molecule has 0 unspecified atom stereocenters. The van der Waals surface area contributed by atoms with E-state index < -0.39 is 0 Å². The highest BCUT2D eigenvalue weighted by Crippen LogP contribution is 2.05. The van der Waals surface area contributed by atoms with E-state index in [-0.39, 0.29) is 0 Å². The minimum atomic E-state index is 0.445. The van der Waals surface area contributed by atoms with E-state index in [1.165, 1.54) is 0 Å². The van der Waals surface area contributed by atoms with Crippen molar-refractivity contribution in [3.8, 4) is 0 Å². The van der Waals surface area contributed by atoms with E-state index in [9.17, 15) is 0 Å². The molecule has 0 amide bonds. The first-order valence-electron chi connectivity index (χ1n) is 3.00. The maximum absolute atomic E-state index is 6.59. The van der Waals surface area contributed by atoms with Crippen LogP contribution in [-0.2, 0) is 6.54 Å². The second kappa shape index (κ2) is 2.96. The maximum Gasteiger partial charge on any atom is 0.0846 e. The first kappa shape index (κ1) is 6.74. The third kappa shape index (κ3) is 1.55. The highest BCUT2D eigenvalue weighted by molar-refractivity contribution is 5.39. The summed E-state index contributed by atoms with van der Waals surface area (Å²) in [6, 6.07) is 7.35. The summed E-state index contributed by atoms with van der Waals surface area (Å²) in [5.74, 6) is 0. The number of nitrogen functional groups attached to an aromatic ring is 1. The van der Waals surface area contributed by atoms with Crippen molar-refractivity contribution in [2.75, 3.05) is 5.73 Å². The van der Waals surface area contributed by atoms with Gasteiger partial charge >= 0.3 is 0 Å². The normalized spacial score (nSPS) is 9.20. The van der Waals surface area contributed by atoms with E-state index in [1.54, 1.807) is 12.1 Å². The van der Waals surface area contributed by atoms with Gasteiger partial charge in [-0.2, -0.15) is 5.11 Å². The summed E-state index contributed by atoms with van der Waals surface area (Å²) < 4.78 is 0. The molecule has 0 aliphatic heterocycles. The van der Waals surface area contributed by atoms with Crippen molar-refractivity contribution in [3.63, 3.8) is 0 Å². The van der Waals surface area contributed by atoms with Crippen molar-refractivity contribution in [3.05, 3.63) is 29.8 Å². The highest BCUT2D eigenvalue weighted by atomic mass is 14.9. The van der Waals surface area contributed by atoms with E-state index >= 15 is 0 Å². The number of benzene rings is 1. The Morgan fingerprint density at radius 2 is 1.90 bits per heavy atom. The van der Waals surface area contributed by atoms with Gasteiger partial charge in [0.05, 0.1) is 6.54 Å². The summed E-state index contributed by atoms with van der Waals surface area (Å²) in [4.78, 5) is 0. The molecule has 0 spiro atoms. The summed E-state index contributed by atoms with van der Waals surface area (Å²) >= 11 is 0. The molecule has 0 radical (unpaired) electrons. The molecule has 0 atom stereocenters. The Kier molecular flexibility index (Phi) is 1.99. The van der Waals surface area contributed by atoms with Crippen molar-refractivity contribution in [1.29, 1.82) is 5.53 Å². The van der Waals surface area contributed by atoms with Crippen LogP contribution in [0.4, 0.5) is 5.69 Å². The van der Waals surface area contributed by atoms with Crippen molar-refractivity contribution < 1.29 is 0 Å². The number of hydrogen-bond acceptors (Lipinski definition) is 3. The first-order chi connectivity index (χ1) is 4.83. The lowest BCUT2D eigenvalue weighted by Crippen LogP contribution is -1.84. The van der Waals surface area contributed by atoms with Crippen LogP contribution in [-0.4, -0.2) is 0 Å². The van der Waals surface area contributed by atoms with Gasteiger partial charge in [0.2, 0.25) is 0 Å². The molecule has 0 bridgehead atoms. The zero-order valence-corrected chi connectivity index (χ0v) is 5.54. The molecule has 3 N–H and O–H groups in total. The van der Waals surface area contributed by atoms with Gasteiger partial charge in [0.15, 0.2) is 0 Å². The smallest absolute Gasteiger partial charge is 0.0846 e. The molecule has 0 saturated heterocycles. The van der Waals surface area contributed by atoms with Crippen molar-refractivity contribution in [1.82, 2.24) is 0 Å². The van der Waals surface area contributed by atoms with Crippen LogP contribution in [0.1, 0.15) is 5.56 Å². The van der Waals surface area contributed by atoms with E-state index in [1.807, 2.05) is 12.1 Å². The van der Waals surface area contributed by atoms with Crippen molar-refractivity contribution in [2.24, 2.45) is 5.11 Å². The van der Waals surface area contributed by atoms with E-state index in [0.29, 0.717) is 6.54 Å². The van der Waals surface area contributed by atoms with Gasteiger partial charge in [-0.25, -0.2) is 5.53 Å². The van der Waals surface area contributed by atoms with Gasteiger partial charge in [-0.3, -0.25) is 0 Å². The van der Waals surface area contributed by atoms with Gasteiger partial charge in [0.1, 0.15) is 0 Å². The fourth-order valence-corrected chi connectivity index (χ4v) is 0.714. The summed E-state index contributed by atoms with van der Waals surface area (Å²) in [5, 5.41) is 3.24. The number of nitrogens with zero attached hydrogens (tertiary/aromatic N) is 1. The molecule has 0 fully saturated rings. The molecular formula is C7H9N3. The lowest BCUT2D eigenvalue weighted by molar-refractivity contribution is 0.908. The molecule has 0 saturated carbocycles. The van der Waals surface area contributed by atoms with E-state index in [4.69, 9.17) is 11.3 Å². The molecule has 3 nitrogen and oxygen atoms in total. The SMILES string of the molecule is N=NCc1ccc(N)cc1. The maximum atomic E-state index is 6.59. The predicted octanol–water partition coefficient (Wildman–Crippen LogP) is 1.80. The van der Waals surface area contributed by atoms with Crippen LogP contribution >= 0.6 is 0 Å². The largest absolute Gasteiger partial charge is 0.399 e. The standard InChI is InChI=1S/C7H9N3/c8-7-3-1-6(2-4-7)5-10-9/h1-4,9H,5,8H2. The average molecular weight is 135 g/mol. The van der Waals surface area contributed by atoms with Gasteiger partial charge < -0.3 is 5.73 Å². The minimum Gasteiger partial charge on any atom is -0.399 e. The minimum absolute atomic E-state index is 0.445. The fraction of sp³-hybridized carbons (Fsp3) is 0.143. The molecule has 52 valence electrons. The van der Waals surface area contributed by atoms with Crippen LogP contribution in [0.2, 0.25) is 0 Å². The third-order valence-corrected chi connectivity index (χ3v) is 1.24. The van der Waals surface area contributed by atoms with Crippen LogP contribution in [0.5, 0.6) is 0 Å². The number of anilines is 1. The quantitative estimate of drug-likeness (QED) is 0.471. The Morgan fingerprint density at radius 3 is 2.40 bits per heavy atom. The zero-order chi connectivity index (χ0) is 7.40. The number of nitrogens with two attached hydrogens (primary N) is 1. The lowest BCUT2D eigenvalue weighted by atomic mass is 10.2. The van der Waals surface area contributed by atoms with Gasteiger partial charge in [-0.05, 0) is 17.7 Å². The third-order valence-electron chi connectivity index (χ3n) is 1.24. The molecule has 0 aliphatic carbocycles. The van der Waals surface area contributed by atoms with Crippen LogP contribution in [0.25, 0.3) is 0 Å².